The molecule has 0 amide bonds. The van der Waals surface area contributed by atoms with Crippen molar-refractivity contribution in [2.45, 2.75) is 13.3 Å². The van der Waals surface area contributed by atoms with Crippen LogP contribution in [-0.2, 0) is 11.2 Å². The molecule has 134 valence electrons. The van der Waals surface area contributed by atoms with E-state index in [4.69, 9.17) is 26.3 Å². The van der Waals surface area contributed by atoms with Gasteiger partial charge in [0.05, 0.1) is 24.4 Å². The Morgan fingerprint density at radius 1 is 1.12 bits per heavy atom. The first-order chi connectivity index (χ1) is 12.7. The molecule has 2 aromatic heterocycles. The predicted molar refractivity (Wildman–Crippen MR) is 102 cm³/mol. The van der Waals surface area contributed by atoms with Crippen LogP contribution in [-0.4, -0.2) is 36.3 Å². The maximum atomic E-state index is 14.6. The summed E-state index contributed by atoms with van der Waals surface area (Å²) in [5.41, 5.74) is 2.85. The summed E-state index contributed by atoms with van der Waals surface area (Å²) in [5, 5.41) is 1.20. The second-order valence-electron chi connectivity index (χ2n) is 6.28. The number of aromatic nitrogens is 2. The van der Waals surface area contributed by atoms with Gasteiger partial charge in [0.25, 0.3) is 0 Å². The second-order valence-corrected chi connectivity index (χ2v) is 6.71. The van der Waals surface area contributed by atoms with Crippen LogP contribution >= 0.6 is 11.6 Å². The van der Waals surface area contributed by atoms with Crippen molar-refractivity contribution in [2.24, 2.45) is 0 Å². The Bertz CT molecular complexity index is 957. The molecule has 0 unspecified atom stereocenters. The predicted octanol–water partition coefficient (Wildman–Crippen LogP) is 4.49. The molecule has 0 atom stereocenters. The van der Waals surface area contributed by atoms with E-state index < -0.39 is 0 Å². The average molecular weight is 372 g/mol. The number of halogens is 2. The Balaban J connectivity index is 1.93. The summed E-state index contributed by atoms with van der Waals surface area (Å²) in [4.78, 5) is 11.7. The number of hydrogen-bond donors (Lipinski definition) is 0. The molecule has 1 fully saturated rings. The fraction of sp³-hybridized carbons (Fsp3) is 0.300. The number of pyridine rings is 2. The maximum absolute atomic E-state index is 14.6. The molecule has 1 aromatic carbocycles. The van der Waals surface area contributed by atoms with E-state index in [0.29, 0.717) is 29.5 Å². The molecule has 4 rings (SSSR count). The van der Waals surface area contributed by atoms with Crippen molar-refractivity contribution >= 4 is 28.3 Å². The smallest absolute Gasteiger partial charge is 0.134 e. The highest BCUT2D eigenvalue weighted by molar-refractivity contribution is 6.30. The number of morpholine rings is 1. The lowest BCUT2D eigenvalue weighted by molar-refractivity contribution is 0.122. The van der Waals surface area contributed by atoms with E-state index >= 15 is 0 Å². The largest absolute Gasteiger partial charge is 0.378 e. The van der Waals surface area contributed by atoms with Crippen LogP contribution in [0.15, 0.2) is 36.4 Å². The van der Waals surface area contributed by atoms with Crippen molar-refractivity contribution < 1.29 is 9.13 Å². The van der Waals surface area contributed by atoms with Crippen LogP contribution in [0.4, 0.5) is 10.2 Å². The first-order valence-electron chi connectivity index (χ1n) is 8.74. The van der Waals surface area contributed by atoms with Crippen LogP contribution in [0.1, 0.15) is 12.6 Å². The molecule has 0 saturated carbocycles. The Hall–Kier alpha value is -2.24. The lowest BCUT2D eigenvalue weighted by atomic mass is 10.0. The monoisotopic (exact) mass is 371 g/mol. The van der Waals surface area contributed by atoms with Crippen molar-refractivity contribution in [3.05, 3.63) is 52.9 Å². The number of benzene rings is 1. The summed E-state index contributed by atoms with van der Waals surface area (Å²) in [6.45, 7) is 4.90. The molecule has 0 spiro atoms. The van der Waals surface area contributed by atoms with E-state index in [9.17, 15) is 4.39 Å². The number of anilines is 1. The molecule has 0 N–H and O–H groups in total. The van der Waals surface area contributed by atoms with E-state index in [0.717, 1.165) is 41.9 Å². The van der Waals surface area contributed by atoms with Crippen LogP contribution in [0.25, 0.3) is 22.2 Å². The van der Waals surface area contributed by atoms with Crippen LogP contribution in [0, 0.1) is 5.82 Å². The quantitative estimate of drug-likeness (QED) is 0.680. The first-order valence-corrected chi connectivity index (χ1v) is 9.12. The molecule has 3 aromatic rings. The third-order valence-electron chi connectivity index (χ3n) is 4.61. The minimum atomic E-state index is -0.384. The zero-order valence-electron chi connectivity index (χ0n) is 14.5. The molecule has 1 saturated heterocycles. The Morgan fingerprint density at radius 2 is 1.92 bits per heavy atom. The summed E-state index contributed by atoms with van der Waals surface area (Å²) in [5.74, 6) is 0.413. The standard InChI is InChI=1S/C20H19ClFN3O/c1-2-14-4-6-16-18(23-14)12-19(25-7-9-26-10-8-25)24-20(16)15-5-3-13(21)11-17(15)22/h3-6,11-12H,2,7-10H2,1H3. The van der Waals surface area contributed by atoms with Gasteiger partial charge in [-0.2, -0.15) is 0 Å². The van der Waals surface area contributed by atoms with Crippen LogP contribution < -0.4 is 4.90 Å². The van der Waals surface area contributed by atoms with Crippen LogP contribution in [0.5, 0.6) is 0 Å². The van der Waals surface area contributed by atoms with Gasteiger partial charge in [0.15, 0.2) is 0 Å². The van der Waals surface area contributed by atoms with Gasteiger partial charge in [-0.3, -0.25) is 4.98 Å². The molecule has 1 aliphatic rings. The van der Waals surface area contributed by atoms with E-state index in [1.54, 1.807) is 12.1 Å². The molecule has 0 bridgehead atoms. The van der Waals surface area contributed by atoms with Gasteiger partial charge in [-0.15, -0.1) is 0 Å². The number of fused-ring (bicyclic) bond motifs is 1. The van der Waals surface area contributed by atoms with Crippen LogP contribution in [0.2, 0.25) is 5.02 Å². The molecule has 26 heavy (non-hydrogen) atoms. The van der Waals surface area contributed by atoms with Crippen molar-refractivity contribution in [1.82, 2.24) is 9.97 Å². The fourth-order valence-corrected chi connectivity index (χ4v) is 3.35. The lowest BCUT2D eigenvalue weighted by Crippen LogP contribution is -2.36. The first kappa shape index (κ1) is 17.2. The third-order valence-corrected chi connectivity index (χ3v) is 4.85. The van der Waals surface area contributed by atoms with Crippen molar-refractivity contribution in [3.63, 3.8) is 0 Å². The van der Waals surface area contributed by atoms with Gasteiger partial charge in [-0.25, -0.2) is 9.37 Å². The van der Waals surface area contributed by atoms with Crippen LogP contribution in [0.3, 0.4) is 0 Å². The van der Waals surface area contributed by atoms with E-state index in [1.807, 2.05) is 18.2 Å². The summed E-state index contributed by atoms with van der Waals surface area (Å²) in [6, 6.07) is 10.6. The molecular weight excluding hydrogens is 353 g/mol. The highest BCUT2D eigenvalue weighted by Crippen LogP contribution is 2.32. The SMILES string of the molecule is CCc1ccc2c(-c3ccc(Cl)cc3F)nc(N3CCOCC3)cc2n1. The molecule has 4 nitrogen and oxygen atoms in total. The van der Waals surface area contributed by atoms with Gasteiger partial charge in [0.2, 0.25) is 0 Å². The summed E-state index contributed by atoms with van der Waals surface area (Å²) in [7, 11) is 0. The van der Waals surface area contributed by atoms with Crippen molar-refractivity contribution in [3.8, 4) is 11.3 Å². The number of hydrogen-bond acceptors (Lipinski definition) is 4. The maximum Gasteiger partial charge on any atom is 0.134 e. The molecule has 0 radical (unpaired) electrons. The molecule has 3 heterocycles. The summed E-state index contributed by atoms with van der Waals surface area (Å²) >= 11 is 5.92. The molecular formula is C20H19ClFN3O. The van der Waals surface area contributed by atoms with E-state index in [1.165, 1.54) is 6.07 Å². The van der Waals surface area contributed by atoms with Gasteiger partial charge in [-0.1, -0.05) is 18.5 Å². The summed E-state index contributed by atoms with van der Waals surface area (Å²) in [6.07, 6.45) is 0.843. The van der Waals surface area contributed by atoms with Gasteiger partial charge in [-0.05, 0) is 36.8 Å². The van der Waals surface area contributed by atoms with Crippen molar-refractivity contribution in [2.75, 3.05) is 31.2 Å². The Labute approximate surface area is 156 Å². The number of nitrogens with zero attached hydrogens (tertiary/aromatic N) is 3. The molecule has 0 aliphatic carbocycles. The highest BCUT2D eigenvalue weighted by Gasteiger charge is 2.18. The van der Waals surface area contributed by atoms with Gasteiger partial charge < -0.3 is 9.64 Å². The fourth-order valence-electron chi connectivity index (χ4n) is 3.19. The van der Waals surface area contributed by atoms with Gasteiger partial charge >= 0.3 is 0 Å². The topological polar surface area (TPSA) is 38.2 Å². The zero-order chi connectivity index (χ0) is 18.1. The molecule has 6 heteroatoms. The number of ether oxygens (including phenoxy) is 1. The second kappa shape index (κ2) is 7.17. The number of aryl methyl sites for hydroxylation is 1. The Kier molecular flexibility index (Phi) is 4.74. The zero-order valence-corrected chi connectivity index (χ0v) is 15.3. The minimum absolute atomic E-state index is 0.367. The molecule has 1 aliphatic heterocycles. The van der Waals surface area contributed by atoms with E-state index in [-0.39, 0.29) is 5.82 Å². The number of rotatable bonds is 3. The normalized spacial score (nSPS) is 14.8. The van der Waals surface area contributed by atoms with Crippen molar-refractivity contribution in [1.29, 1.82) is 0 Å². The highest BCUT2D eigenvalue weighted by atomic mass is 35.5. The minimum Gasteiger partial charge on any atom is -0.378 e. The average Bonchev–Trinajstić information content (AvgIpc) is 2.67. The summed E-state index contributed by atoms with van der Waals surface area (Å²) < 4.78 is 20.0. The van der Waals surface area contributed by atoms with Gasteiger partial charge in [0, 0.05) is 40.8 Å². The Morgan fingerprint density at radius 3 is 2.65 bits per heavy atom. The third kappa shape index (κ3) is 3.24. The van der Waals surface area contributed by atoms with Gasteiger partial charge in [0.1, 0.15) is 11.6 Å². The van der Waals surface area contributed by atoms with E-state index in [2.05, 4.69) is 11.8 Å². The lowest BCUT2D eigenvalue weighted by Gasteiger charge is -2.28.